The minimum absolute atomic E-state index is 0.0315. The summed E-state index contributed by atoms with van der Waals surface area (Å²) in [7, 11) is 0. The van der Waals surface area contributed by atoms with E-state index in [1.807, 2.05) is 6.92 Å². The monoisotopic (exact) mass is 347 g/mol. The van der Waals surface area contributed by atoms with Crippen LogP contribution in [0.1, 0.15) is 71.1 Å². The zero-order valence-corrected chi connectivity index (χ0v) is 15.1. The van der Waals surface area contributed by atoms with Crippen LogP contribution in [0.3, 0.4) is 0 Å². The van der Waals surface area contributed by atoms with E-state index in [-0.39, 0.29) is 47.9 Å². The second-order valence-corrected chi connectivity index (χ2v) is 8.88. The van der Waals surface area contributed by atoms with Gasteiger partial charge in [0.15, 0.2) is 5.79 Å². The Hall–Kier alpha value is -0.670. The summed E-state index contributed by atoms with van der Waals surface area (Å²) in [5.41, 5.74) is -0.208. The number of hydrogen-bond acceptors (Lipinski definition) is 4. The fraction of sp³-hybridized carbons (Fsp3) is 0.950. The molecule has 2 bridgehead atoms. The van der Waals surface area contributed by atoms with E-state index in [2.05, 4.69) is 4.85 Å². The molecule has 3 aliphatic heterocycles. The Kier molecular flexibility index (Phi) is 3.91. The lowest BCUT2D eigenvalue weighted by atomic mass is 9.76. The van der Waals surface area contributed by atoms with Gasteiger partial charge in [0, 0.05) is 39.0 Å². The summed E-state index contributed by atoms with van der Waals surface area (Å²) in [5.74, 6) is -0.347. The minimum Gasteiger partial charge on any atom is -0.369 e. The van der Waals surface area contributed by atoms with E-state index >= 15 is 0 Å². The van der Waals surface area contributed by atoms with Crippen LogP contribution in [0.5, 0.6) is 0 Å². The van der Waals surface area contributed by atoms with Crippen molar-refractivity contribution in [2.75, 3.05) is 0 Å². The lowest BCUT2D eigenvalue weighted by Crippen LogP contribution is -2.53. The van der Waals surface area contributed by atoms with Crippen molar-refractivity contribution in [1.82, 2.24) is 0 Å². The first-order chi connectivity index (χ1) is 12.1. The van der Waals surface area contributed by atoms with Crippen molar-refractivity contribution in [3.05, 3.63) is 11.4 Å². The second-order valence-electron chi connectivity index (χ2n) is 8.88. The van der Waals surface area contributed by atoms with Gasteiger partial charge >= 0.3 is 0 Å². The molecule has 0 aromatic carbocycles. The summed E-state index contributed by atoms with van der Waals surface area (Å²) in [6.07, 6.45) is 11.1. The third-order valence-corrected chi connectivity index (χ3v) is 7.06. The summed E-state index contributed by atoms with van der Waals surface area (Å²) < 4.78 is 26.1. The van der Waals surface area contributed by atoms with Crippen LogP contribution in [0.2, 0.25) is 0 Å². The van der Waals surface area contributed by atoms with Crippen molar-refractivity contribution in [3.8, 4) is 0 Å². The van der Waals surface area contributed by atoms with Gasteiger partial charge in [-0.2, -0.15) is 0 Å². The van der Waals surface area contributed by atoms with E-state index in [4.69, 9.17) is 25.5 Å². The summed E-state index contributed by atoms with van der Waals surface area (Å²) in [6.45, 7) is 9.22. The highest BCUT2D eigenvalue weighted by Crippen LogP contribution is 2.55. The van der Waals surface area contributed by atoms with E-state index in [1.165, 1.54) is 19.3 Å². The van der Waals surface area contributed by atoms with Gasteiger partial charge in [-0.25, -0.2) is 6.57 Å². The molecular weight excluding hydrogens is 318 g/mol. The predicted molar refractivity (Wildman–Crippen MR) is 91.0 cm³/mol. The number of hydrogen-bond donors (Lipinski definition) is 0. The largest absolute Gasteiger partial charge is 0.369 e. The van der Waals surface area contributed by atoms with Crippen molar-refractivity contribution in [3.63, 3.8) is 0 Å². The highest BCUT2D eigenvalue weighted by molar-refractivity contribution is 5.12. The van der Waals surface area contributed by atoms with Crippen LogP contribution in [0.15, 0.2) is 0 Å². The molecule has 0 radical (unpaired) electrons. The molecule has 5 fully saturated rings. The Morgan fingerprint density at radius 2 is 1.84 bits per heavy atom. The molecule has 5 nitrogen and oxygen atoms in total. The lowest BCUT2D eigenvalue weighted by Gasteiger charge is -2.44. The van der Waals surface area contributed by atoms with E-state index in [9.17, 15) is 0 Å². The number of fused-ring (bicyclic) bond motifs is 3. The third kappa shape index (κ3) is 2.65. The van der Waals surface area contributed by atoms with Crippen LogP contribution in [-0.4, -0.2) is 47.9 Å². The molecule has 5 rings (SSSR count). The van der Waals surface area contributed by atoms with E-state index in [0.29, 0.717) is 0 Å². The van der Waals surface area contributed by atoms with Crippen molar-refractivity contribution in [2.45, 2.75) is 119 Å². The second kappa shape index (κ2) is 5.92. The van der Waals surface area contributed by atoms with Crippen molar-refractivity contribution in [2.24, 2.45) is 0 Å². The van der Waals surface area contributed by atoms with Crippen LogP contribution >= 0.6 is 0 Å². The van der Waals surface area contributed by atoms with Gasteiger partial charge in [-0.15, -0.1) is 0 Å². The first-order valence-electron chi connectivity index (χ1n) is 10.2. The molecule has 3 saturated heterocycles. The van der Waals surface area contributed by atoms with Crippen LogP contribution in [0.4, 0.5) is 0 Å². The van der Waals surface area contributed by atoms with Gasteiger partial charge in [-0.3, -0.25) is 0 Å². The van der Waals surface area contributed by atoms with E-state index < -0.39 is 0 Å². The lowest BCUT2D eigenvalue weighted by molar-refractivity contribution is -0.215. The number of rotatable bonds is 2. The standard InChI is InChI=1S/C20H29NO4/c1-13(21-2)10-14-6-7-17-19(23-14)11-15(22-17)18-16(12-19)24-20(25-18)8-4-3-5-9-20/h13-18H,3-12H2,1H3/t13?,14-,15-,16-,17+,18+,19-/m1/s1. The average Bonchev–Trinajstić information content (AvgIpc) is 3.11. The zero-order valence-electron chi connectivity index (χ0n) is 15.1. The van der Waals surface area contributed by atoms with Gasteiger partial charge in [0.1, 0.15) is 6.10 Å². The molecule has 1 unspecified atom stereocenters. The van der Waals surface area contributed by atoms with Gasteiger partial charge in [-0.1, -0.05) is 6.42 Å². The molecular formula is C20H29NO4. The maximum Gasteiger partial charge on any atom is 0.223 e. The minimum atomic E-state index is -0.347. The SMILES string of the molecule is [C-]#[N+]C(C)C[C@H]1CC[C@@H]2O[C@@H]3C[C@]2(C[C@H]2OC4(CCCCC4)O[C@@H]32)O1. The maximum atomic E-state index is 7.23. The quantitative estimate of drug-likeness (QED) is 0.716. The Morgan fingerprint density at radius 1 is 1.04 bits per heavy atom. The molecule has 0 N–H and O–H groups in total. The molecule has 0 amide bonds. The topological polar surface area (TPSA) is 41.3 Å². The van der Waals surface area contributed by atoms with Crippen LogP contribution < -0.4 is 0 Å². The molecule has 138 valence electrons. The Labute approximate surface area is 150 Å². The zero-order chi connectivity index (χ0) is 17.1. The highest BCUT2D eigenvalue weighted by atomic mass is 16.8. The van der Waals surface area contributed by atoms with E-state index in [1.54, 1.807) is 0 Å². The Morgan fingerprint density at radius 3 is 2.64 bits per heavy atom. The molecule has 5 aliphatic rings. The van der Waals surface area contributed by atoms with Crippen LogP contribution in [0.25, 0.3) is 4.85 Å². The molecule has 3 heterocycles. The van der Waals surface area contributed by atoms with Crippen LogP contribution in [0, 0.1) is 6.57 Å². The molecule has 0 aromatic heterocycles. The molecule has 25 heavy (non-hydrogen) atoms. The Bertz CT molecular complexity index is 569. The summed E-state index contributed by atoms with van der Waals surface area (Å²) in [6, 6.07) is 0.0315. The maximum absolute atomic E-state index is 7.23. The molecule has 2 saturated carbocycles. The van der Waals surface area contributed by atoms with Crippen molar-refractivity contribution in [1.29, 1.82) is 0 Å². The third-order valence-electron chi connectivity index (χ3n) is 7.06. The molecule has 2 aliphatic carbocycles. The van der Waals surface area contributed by atoms with Gasteiger partial charge in [0.05, 0.1) is 30.0 Å². The van der Waals surface area contributed by atoms with Crippen molar-refractivity contribution >= 4 is 0 Å². The molecule has 2 spiro atoms. The van der Waals surface area contributed by atoms with Crippen molar-refractivity contribution < 1.29 is 18.9 Å². The number of nitrogens with zero attached hydrogens (tertiary/aromatic N) is 1. The first kappa shape index (κ1) is 16.5. The summed E-state index contributed by atoms with van der Waals surface area (Å²) in [4.78, 5) is 3.65. The average molecular weight is 347 g/mol. The predicted octanol–water partition coefficient (Wildman–Crippen LogP) is 3.61. The van der Waals surface area contributed by atoms with Gasteiger partial charge in [0.2, 0.25) is 6.04 Å². The van der Waals surface area contributed by atoms with Crippen LogP contribution in [-0.2, 0) is 18.9 Å². The smallest absolute Gasteiger partial charge is 0.223 e. The highest BCUT2D eigenvalue weighted by Gasteiger charge is 2.65. The van der Waals surface area contributed by atoms with Gasteiger partial charge in [-0.05, 0) is 25.7 Å². The fourth-order valence-electron chi connectivity index (χ4n) is 5.93. The molecule has 5 heteroatoms. The van der Waals surface area contributed by atoms with Gasteiger partial charge < -0.3 is 23.8 Å². The summed E-state index contributed by atoms with van der Waals surface area (Å²) in [5, 5.41) is 0. The normalized spacial score (nSPS) is 48.6. The van der Waals surface area contributed by atoms with E-state index in [0.717, 1.165) is 44.9 Å². The summed E-state index contributed by atoms with van der Waals surface area (Å²) >= 11 is 0. The fourth-order valence-corrected chi connectivity index (χ4v) is 5.93. The Balaban J connectivity index is 1.33. The van der Waals surface area contributed by atoms with Gasteiger partial charge in [0.25, 0.3) is 0 Å². The number of ether oxygens (including phenoxy) is 4. The molecule has 0 aromatic rings. The molecule has 7 atom stereocenters. The first-order valence-corrected chi connectivity index (χ1v) is 10.2.